The second-order valence-corrected chi connectivity index (χ2v) is 7.04. The van der Waals surface area contributed by atoms with Crippen LogP contribution in [0.15, 0.2) is 30.0 Å². The van der Waals surface area contributed by atoms with Gasteiger partial charge in [-0.1, -0.05) is 26.2 Å². The summed E-state index contributed by atoms with van der Waals surface area (Å²) in [7, 11) is 0. The topological polar surface area (TPSA) is 83.8 Å². The predicted octanol–water partition coefficient (Wildman–Crippen LogP) is 3.35. The molecule has 0 N–H and O–H groups in total. The summed E-state index contributed by atoms with van der Waals surface area (Å²) in [6, 6.07) is 5.89. The number of nitro benzene ring substituents is 1. The van der Waals surface area contributed by atoms with Crippen LogP contribution in [0.25, 0.3) is 5.57 Å². The van der Waals surface area contributed by atoms with Gasteiger partial charge in [0, 0.05) is 31.8 Å². The van der Waals surface area contributed by atoms with Gasteiger partial charge in [-0.25, -0.2) is 0 Å². The van der Waals surface area contributed by atoms with E-state index in [9.17, 15) is 19.7 Å². The molecular formula is C20H25N3O4. The summed E-state index contributed by atoms with van der Waals surface area (Å²) in [6.45, 7) is 4.06. The van der Waals surface area contributed by atoms with Crippen LogP contribution in [-0.2, 0) is 9.59 Å². The number of carbonyl (C=O) groups is 2. The van der Waals surface area contributed by atoms with E-state index in [1.165, 1.54) is 17.0 Å². The van der Waals surface area contributed by atoms with E-state index in [0.29, 0.717) is 23.4 Å². The van der Waals surface area contributed by atoms with E-state index in [0.717, 1.165) is 51.6 Å². The van der Waals surface area contributed by atoms with Gasteiger partial charge in [0.1, 0.15) is 5.70 Å². The standard InChI is InChI=1S/C20H25N3O4/c1-2-3-4-5-14-22-19(24)17(15-8-10-16(11-9-15)23(26)27)18(20(22)25)21-12-6-7-13-21/h8-11H,2-7,12-14H2,1H3. The normalized spacial score (nSPS) is 17.4. The van der Waals surface area contributed by atoms with E-state index < -0.39 is 4.92 Å². The largest absolute Gasteiger partial charge is 0.366 e. The van der Waals surface area contributed by atoms with Crippen LogP contribution in [0.2, 0.25) is 0 Å². The third-order valence-electron chi connectivity index (χ3n) is 5.17. The Kier molecular flexibility index (Phi) is 5.88. The molecule has 3 rings (SSSR count). The van der Waals surface area contributed by atoms with Crippen LogP contribution in [0.5, 0.6) is 0 Å². The number of benzene rings is 1. The summed E-state index contributed by atoms with van der Waals surface area (Å²) in [5, 5.41) is 10.9. The van der Waals surface area contributed by atoms with Crippen molar-refractivity contribution in [3.63, 3.8) is 0 Å². The molecule has 2 amide bonds. The SMILES string of the molecule is CCCCCCN1C(=O)C(c2ccc([N+](=O)[O-])cc2)=C(N2CCCC2)C1=O. The molecule has 0 atom stereocenters. The Labute approximate surface area is 158 Å². The maximum Gasteiger partial charge on any atom is 0.277 e. The van der Waals surface area contributed by atoms with Crippen molar-refractivity contribution >= 4 is 23.1 Å². The quantitative estimate of drug-likeness (QED) is 0.303. The summed E-state index contributed by atoms with van der Waals surface area (Å²) >= 11 is 0. The fourth-order valence-corrected chi connectivity index (χ4v) is 3.71. The van der Waals surface area contributed by atoms with Crippen molar-refractivity contribution in [2.45, 2.75) is 45.4 Å². The molecule has 7 nitrogen and oxygen atoms in total. The van der Waals surface area contributed by atoms with Gasteiger partial charge in [0.25, 0.3) is 17.5 Å². The highest BCUT2D eigenvalue weighted by Crippen LogP contribution is 2.34. The fraction of sp³-hybridized carbons (Fsp3) is 0.500. The average molecular weight is 371 g/mol. The minimum atomic E-state index is -0.471. The maximum atomic E-state index is 13.1. The summed E-state index contributed by atoms with van der Waals surface area (Å²) in [5.74, 6) is -0.515. The number of nitro groups is 1. The van der Waals surface area contributed by atoms with E-state index in [1.54, 1.807) is 12.1 Å². The van der Waals surface area contributed by atoms with Gasteiger partial charge in [-0.2, -0.15) is 0 Å². The lowest BCUT2D eigenvalue weighted by Crippen LogP contribution is -2.35. The zero-order valence-electron chi connectivity index (χ0n) is 15.6. The van der Waals surface area contributed by atoms with Crippen molar-refractivity contribution in [2.24, 2.45) is 0 Å². The molecule has 0 unspecified atom stereocenters. The van der Waals surface area contributed by atoms with Gasteiger partial charge in [0.05, 0.1) is 10.5 Å². The molecule has 2 aliphatic heterocycles. The summed E-state index contributed by atoms with van der Waals surface area (Å²) in [6.07, 6.45) is 5.95. The molecule has 1 fully saturated rings. The Hall–Kier alpha value is -2.70. The third-order valence-corrected chi connectivity index (χ3v) is 5.17. The molecule has 2 heterocycles. The smallest absolute Gasteiger partial charge is 0.277 e. The van der Waals surface area contributed by atoms with Gasteiger partial charge in [-0.15, -0.1) is 0 Å². The summed E-state index contributed by atoms with van der Waals surface area (Å²) in [4.78, 5) is 39.8. The van der Waals surface area contributed by atoms with Crippen molar-refractivity contribution in [3.05, 3.63) is 45.6 Å². The molecule has 7 heteroatoms. The highest BCUT2D eigenvalue weighted by Gasteiger charge is 2.41. The van der Waals surface area contributed by atoms with Gasteiger partial charge >= 0.3 is 0 Å². The molecule has 27 heavy (non-hydrogen) atoms. The van der Waals surface area contributed by atoms with Crippen molar-refractivity contribution in [2.75, 3.05) is 19.6 Å². The Bertz CT molecular complexity index is 764. The van der Waals surface area contributed by atoms with Gasteiger partial charge in [-0.05, 0) is 37.0 Å². The van der Waals surface area contributed by atoms with E-state index in [4.69, 9.17) is 0 Å². The average Bonchev–Trinajstić information content (AvgIpc) is 3.26. The van der Waals surface area contributed by atoms with Crippen molar-refractivity contribution in [3.8, 4) is 0 Å². The van der Waals surface area contributed by atoms with Crippen LogP contribution in [0, 0.1) is 10.1 Å². The number of carbonyl (C=O) groups excluding carboxylic acids is 2. The number of likely N-dealkylation sites (tertiary alicyclic amines) is 1. The highest BCUT2D eigenvalue weighted by atomic mass is 16.6. The lowest BCUT2D eigenvalue weighted by Gasteiger charge is -2.20. The minimum Gasteiger partial charge on any atom is -0.366 e. The first-order valence-corrected chi connectivity index (χ1v) is 9.64. The van der Waals surface area contributed by atoms with E-state index >= 15 is 0 Å². The monoisotopic (exact) mass is 371 g/mol. The molecule has 0 aromatic heterocycles. The van der Waals surface area contributed by atoms with Crippen molar-refractivity contribution in [1.29, 1.82) is 0 Å². The number of rotatable bonds is 8. The second-order valence-electron chi connectivity index (χ2n) is 7.04. The Morgan fingerprint density at radius 2 is 1.67 bits per heavy atom. The minimum absolute atomic E-state index is 0.0322. The van der Waals surface area contributed by atoms with Crippen molar-refractivity contribution in [1.82, 2.24) is 9.80 Å². The number of hydrogen-bond acceptors (Lipinski definition) is 5. The number of nitrogens with zero attached hydrogens (tertiary/aromatic N) is 3. The Morgan fingerprint density at radius 1 is 1.00 bits per heavy atom. The Balaban J connectivity index is 1.91. The van der Waals surface area contributed by atoms with Crippen LogP contribution in [0.1, 0.15) is 51.0 Å². The predicted molar refractivity (Wildman–Crippen MR) is 102 cm³/mol. The summed E-state index contributed by atoms with van der Waals surface area (Å²) < 4.78 is 0. The zero-order valence-corrected chi connectivity index (χ0v) is 15.6. The molecule has 144 valence electrons. The second kappa shape index (κ2) is 8.33. The van der Waals surface area contributed by atoms with E-state index in [-0.39, 0.29) is 17.5 Å². The Morgan fingerprint density at radius 3 is 2.26 bits per heavy atom. The molecule has 0 radical (unpaired) electrons. The van der Waals surface area contributed by atoms with Gasteiger partial charge in [0.15, 0.2) is 0 Å². The lowest BCUT2D eigenvalue weighted by molar-refractivity contribution is -0.384. The first-order chi connectivity index (χ1) is 13.0. The molecule has 0 aliphatic carbocycles. The van der Waals surface area contributed by atoms with Crippen LogP contribution in [0.4, 0.5) is 5.69 Å². The van der Waals surface area contributed by atoms with Gasteiger partial charge in [-0.3, -0.25) is 24.6 Å². The number of hydrogen-bond donors (Lipinski definition) is 0. The molecule has 0 saturated carbocycles. The lowest BCUT2D eigenvalue weighted by atomic mass is 10.0. The number of imide groups is 1. The third kappa shape index (κ3) is 3.86. The zero-order chi connectivity index (χ0) is 19.4. The van der Waals surface area contributed by atoms with E-state index in [1.807, 2.05) is 4.90 Å². The molecular weight excluding hydrogens is 346 g/mol. The number of amides is 2. The van der Waals surface area contributed by atoms with Crippen LogP contribution < -0.4 is 0 Å². The highest BCUT2D eigenvalue weighted by molar-refractivity contribution is 6.35. The molecule has 0 spiro atoms. The molecule has 2 aliphatic rings. The van der Waals surface area contributed by atoms with Crippen LogP contribution in [-0.4, -0.2) is 46.2 Å². The van der Waals surface area contributed by atoms with Gasteiger partial charge < -0.3 is 4.90 Å². The number of non-ortho nitro benzene ring substituents is 1. The van der Waals surface area contributed by atoms with E-state index in [2.05, 4.69) is 6.92 Å². The molecule has 1 saturated heterocycles. The fourth-order valence-electron chi connectivity index (χ4n) is 3.71. The van der Waals surface area contributed by atoms with Gasteiger partial charge in [0.2, 0.25) is 0 Å². The molecule has 1 aromatic rings. The van der Waals surface area contributed by atoms with Crippen molar-refractivity contribution < 1.29 is 14.5 Å². The first kappa shape index (κ1) is 19.1. The summed E-state index contributed by atoms with van der Waals surface area (Å²) in [5.41, 5.74) is 1.38. The molecule has 0 bridgehead atoms. The number of unbranched alkanes of at least 4 members (excludes halogenated alkanes) is 3. The maximum absolute atomic E-state index is 13.1. The first-order valence-electron chi connectivity index (χ1n) is 9.64. The van der Waals surface area contributed by atoms with Crippen LogP contribution >= 0.6 is 0 Å². The molecule has 1 aromatic carbocycles. The van der Waals surface area contributed by atoms with Crippen LogP contribution in [0.3, 0.4) is 0 Å².